The maximum Gasteiger partial charge on any atom is 0.0660 e. The van der Waals surface area contributed by atoms with Gasteiger partial charge in [-0.3, -0.25) is 4.68 Å². The highest BCUT2D eigenvalue weighted by Crippen LogP contribution is 2.36. The lowest BCUT2D eigenvalue weighted by molar-refractivity contribution is 0.229. The van der Waals surface area contributed by atoms with Crippen LogP contribution in [0.2, 0.25) is 0 Å². The summed E-state index contributed by atoms with van der Waals surface area (Å²) in [6, 6.07) is 11.3. The van der Waals surface area contributed by atoms with Crippen molar-refractivity contribution in [1.29, 1.82) is 0 Å². The Morgan fingerprint density at radius 3 is 3.00 bits per heavy atom. The minimum absolute atomic E-state index is 0.475. The third-order valence-corrected chi connectivity index (χ3v) is 4.41. The summed E-state index contributed by atoms with van der Waals surface area (Å²) in [6.45, 7) is 5.60. The van der Waals surface area contributed by atoms with Crippen LogP contribution in [-0.2, 0) is 6.54 Å². The molecule has 0 aliphatic heterocycles. The van der Waals surface area contributed by atoms with Crippen LogP contribution >= 0.6 is 0 Å². The van der Waals surface area contributed by atoms with E-state index < -0.39 is 0 Å². The van der Waals surface area contributed by atoms with E-state index in [4.69, 9.17) is 0 Å². The SMILES string of the molecule is CC1(C)CCCC(Nc2cccc(Cn3cccn3)c2)C1. The van der Waals surface area contributed by atoms with Crippen molar-refractivity contribution in [1.82, 2.24) is 9.78 Å². The smallest absolute Gasteiger partial charge is 0.0660 e. The van der Waals surface area contributed by atoms with E-state index in [0.717, 1.165) is 6.54 Å². The molecule has 1 unspecified atom stereocenters. The number of hydrogen-bond donors (Lipinski definition) is 1. The summed E-state index contributed by atoms with van der Waals surface area (Å²) in [7, 11) is 0. The third kappa shape index (κ3) is 3.87. The van der Waals surface area contributed by atoms with Gasteiger partial charge in [-0.2, -0.15) is 5.10 Å². The van der Waals surface area contributed by atoms with Gasteiger partial charge >= 0.3 is 0 Å². The summed E-state index contributed by atoms with van der Waals surface area (Å²) >= 11 is 0. The summed E-state index contributed by atoms with van der Waals surface area (Å²) in [5.74, 6) is 0. The topological polar surface area (TPSA) is 29.9 Å². The third-order valence-electron chi connectivity index (χ3n) is 4.41. The highest BCUT2D eigenvalue weighted by atomic mass is 15.3. The van der Waals surface area contributed by atoms with Crippen molar-refractivity contribution in [3.05, 3.63) is 48.3 Å². The largest absolute Gasteiger partial charge is 0.382 e. The van der Waals surface area contributed by atoms with Crippen LogP contribution in [-0.4, -0.2) is 15.8 Å². The number of nitrogens with zero attached hydrogens (tertiary/aromatic N) is 2. The molecule has 1 atom stereocenters. The van der Waals surface area contributed by atoms with Gasteiger partial charge in [-0.25, -0.2) is 0 Å². The molecule has 1 aliphatic rings. The molecule has 1 aromatic heterocycles. The van der Waals surface area contributed by atoms with Crippen LogP contribution < -0.4 is 5.32 Å². The number of aromatic nitrogens is 2. The molecule has 1 heterocycles. The molecule has 3 nitrogen and oxygen atoms in total. The predicted octanol–water partition coefficient (Wildman–Crippen LogP) is 4.31. The van der Waals surface area contributed by atoms with Crippen molar-refractivity contribution in [2.24, 2.45) is 5.41 Å². The van der Waals surface area contributed by atoms with Gasteiger partial charge in [0.05, 0.1) is 6.54 Å². The zero-order valence-electron chi connectivity index (χ0n) is 13.0. The zero-order chi connectivity index (χ0) is 14.7. The van der Waals surface area contributed by atoms with Crippen molar-refractivity contribution >= 4 is 5.69 Å². The standard InChI is InChI=1S/C18H25N3/c1-18(2)9-4-8-17(13-18)20-16-7-3-6-15(12-16)14-21-11-5-10-19-21/h3,5-7,10-12,17,20H,4,8-9,13-14H2,1-2H3. The first-order chi connectivity index (χ1) is 10.1. The molecule has 21 heavy (non-hydrogen) atoms. The Morgan fingerprint density at radius 1 is 1.33 bits per heavy atom. The minimum atomic E-state index is 0.475. The zero-order valence-corrected chi connectivity index (χ0v) is 13.0. The van der Waals surface area contributed by atoms with Crippen LogP contribution in [0.4, 0.5) is 5.69 Å². The molecule has 1 saturated carbocycles. The number of hydrogen-bond acceptors (Lipinski definition) is 2. The Labute approximate surface area is 127 Å². The Morgan fingerprint density at radius 2 is 2.24 bits per heavy atom. The van der Waals surface area contributed by atoms with Gasteiger partial charge in [0.15, 0.2) is 0 Å². The molecule has 1 N–H and O–H groups in total. The van der Waals surface area contributed by atoms with E-state index >= 15 is 0 Å². The second-order valence-electron chi connectivity index (χ2n) is 7.01. The fourth-order valence-corrected chi connectivity index (χ4v) is 3.40. The quantitative estimate of drug-likeness (QED) is 0.906. The number of rotatable bonds is 4. The van der Waals surface area contributed by atoms with Gasteiger partial charge in [-0.05, 0) is 48.4 Å². The first-order valence-corrected chi connectivity index (χ1v) is 7.94. The minimum Gasteiger partial charge on any atom is -0.382 e. The van der Waals surface area contributed by atoms with Gasteiger partial charge in [0.1, 0.15) is 0 Å². The number of nitrogens with one attached hydrogen (secondary N) is 1. The molecule has 0 amide bonds. The van der Waals surface area contributed by atoms with Crippen molar-refractivity contribution < 1.29 is 0 Å². The van der Waals surface area contributed by atoms with E-state index in [9.17, 15) is 0 Å². The lowest BCUT2D eigenvalue weighted by atomic mass is 9.75. The molecule has 0 spiro atoms. The first kappa shape index (κ1) is 14.2. The predicted molar refractivity (Wildman–Crippen MR) is 87.4 cm³/mol. The van der Waals surface area contributed by atoms with E-state index in [2.05, 4.69) is 48.5 Å². The van der Waals surface area contributed by atoms with E-state index in [-0.39, 0.29) is 0 Å². The van der Waals surface area contributed by atoms with Gasteiger partial charge in [0, 0.05) is 24.1 Å². The van der Waals surface area contributed by atoms with E-state index in [1.807, 2.05) is 23.1 Å². The van der Waals surface area contributed by atoms with Gasteiger partial charge in [-0.15, -0.1) is 0 Å². The van der Waals surface area contributed by atoms with Crippen LogP contribution in [0.1, 0.15) is 45.1 Å². The monoisotopic (exact) mass is 283 g/mol. The average Bonchev–Trinajstić information content (AvgIpc) is 2.91. The number of benzene rings is 1. The molecular weight excluding hydrogens is 258 g/mol. The fraction of sp³-hybridized carbons (Fsp3) is 0.500. The lowest BCUT2D eigenvalue weighted by Gasteiger charge is -2.36. The maximum atomic E-state index is 4.27. The molecule has 1 fully saturated rings. The lowest BCUT2D eigenvalue weighted by Crippen LogP contribution is -2.31. The van der Waals surface area contributed by atoms with Gasteiger partial charge in [0.2, 0.25) is 0 Å². The fourth-order valence-electron chi connectivity index (χ4n) is 3.40. The molecule has 112 valence electrons. The van der Waals surface area contributed by atoms with Crippen LogP contribution in [0.3, 0.4) is 0 Å². The van der Waals surface area contributed by atoms with Crippen LogP contribution in [0.5, 0.6) is 0 Å². The number of anilines is 1. The Bertz CT molecular complexity index is 572. The maximum absolute atomic E-state index is 4.27. The summed E-state index contributed by atoms with van der Waals surface area (Å²) in [5, 5.41) is 8.00. The van der Waals surface area contributed by atoms with Crippen molar-refractivity contribution in [2.75, 3.05) is 5.32 Å². The Hall–Kier alpha value is -1.77. The Balaban J connectivity index is 1.65. The molecule has 2 aromatic rings. The normalized spacial score (nSPS) is 21.1. The van der Waals surface area contributed by atoms with Crippen LogP contribution in [0.25, 0.3) is 0 Å². The second-order valence-corrected chi connectivity index (χ2v) is 7.01. The molecule has 0 radical (unpaired) electrons. The average molecular weight is 283 g/mol. The van der Waals surface area contributed by atoms with E-state index in [1.165, 1.54) is 36.9 Å². The molecule has 1 aromatic carbocycles. The molecule has 0 bridgehead atoms. The van der Waals surface area contributed by atoms with Crippen LogP contribution in [0, 0.1) is 5.41 Å². The summed E-state index contributed by atoms with van der Waals surface area (Å²) < 4.78 is 1.96. The van der Waals surface area contributed by atoms with Crippen molar-refractivity contribution in [3.8, 4) is 0 Å². The molecule has 0 saturated heterocycles. The van der Waals surface area contributed by atoms with Crippen LogP contribution in [0.15, 0.2) is 42.7 Å². The first-order valence-electron chi connectivity index (χ1n) is 7.94. The van der Waals surface area contributed by atoms with E-state index in [1.54, 1.807) is 0 Å². The second kappa shape index (κ2) is 5.92. The highest BCUT2D eigenvalue weighted by molar-refractivity contribution is 5.46. The molecule has 1 aliphatic carbocycles. The van der Waals surface area contributed by atoms with Gasteiger partial charge < -0.3 is 5.32 Å². The molecule has 3 heteroatoms. The van der Waals surface area contributed by atoms with Gasteiger partial charge in [0.25, 0.3) is 0 Å². The van der Waals surface area contributed by atoms with Crippen molar-refractivity contribution in [3.63, 3.8) is 0 Å². The Kier molecular flexibility index (Phi) is 4.00. The molecule has 3 rings (SSSR count). The summed E-state index contributed by atoms with van der Waals surface area (Å²) in [6.07, 6.45) is 9.06. The summed E-state index contributed by atoms with van der Waals surface area (Å²) in [5.41, 5.74) is 3.00. The highest BCUT2D eigenvalue weighted by Gasteiger charge is 2.27. The van der Waals surface area contributed by atoms with Gasteiger partial charge in [-0.1, -0.05) is 32.4 Å². The van der Waals surface area contributed by atoms with E-state index in [0.29, 0.717) is 11.5 Å². The van der Waals surface area contributed by atoms with Crippen molar-refractivity contribution in [2.45, 2.75) is 52.1 Å². The summed E-state index contributed by atoms with van der Waals surface area (Å²) in [4.78, 5) is 0. The molecular formula is C18H25N3.